The molecule has 2 aromatic rings. The lowest BCUT2D eigenvalue weighted by atomic mass is 10.0. The van der Waals surface area contributed by atoms with E-state index in [1.54, 1.807) is 0 Å². The van der Waals surface area contributed by atoms with Crippen molar-refractivity contribution in [3.63, 3.8) is 0 Å². The molecule has 130 valence electrons. The van der Waals surface area contributed by atoms with Crippen LogP contribution in [0.1, 0.15) is 22.4 Å². The Hall–Kier alpha value is -2.41. The molecule has 0 bridgehead atoms. The van der Waals surface area contributed by atoms with Gasteiger partial charge in [-0.3, -0.25) is 9.69 Å². The van der Waals surface area contributed by atoms with Crippen LogP contribution in [-0.2, 0) is 22.7 Å². The number of hydrogen-bond donors (Lipinski definition) is 3. The topological polar surface area (TPSA) is 77.6 Å². The fraction of sp³-hybridized carbons (Fsp3) is 0.316. The molecule has 25 heavy (non-hydrogen) atoms. The number of aliphatic hydroxyl groups excluding tert-OH is 1. The first-order chi connectivity index (χ1) is 12.2. The largest absolute Gasteiger partial charge is 0.392 e. The highest BCUT2D eigenvalue weighted by Crippen LogP contribution is 2.34. The number of amides is 1. The number of ether oxygens (including phenoxy) is 1. The van der Waals surface area contributed by atoms with Crippen LogP contribution in [0.4, 0.5) is 5.69 Å². The maximum atomic E-state index is 12.3. The predicted molar refractivity (Wildman–Crippen MR) is 95.8 cm³/mol. The Kier molecular flexibility index (Phi) is 4.40. The van der Waals surface area contributed by atoms with Gasteiger partial charge in [0.2, 0.25) is 0 Å². The van der Waals surface area contributed by atoms with E-state index in [9.17, 15) is 9.90 Å². The van der Waals surface area contributed by atoms with Gasteiger partial charge in [0.1, 0.15) is 0 Å². The predicted octanol–water partition coefficient (Wildman–Crippen LogP) is 1.83. The van der Waals surface area contributed by atoms with Gasteiger partial charge in [0.05, 0.1) is 19.8 Å². The normalized spacial score (nSPS) is 19.2. The molecule has 0 atom stereocenters. The van der Waals surface area contributed by atoms with Gasteiger partial charge in [-0.2, -0.15) is 0 Å². The van der Waals surface area contributed by atoms with Gasteiger partial charge >= 0.3 is 0 Å². The van der Waals surface area contributed by atoms with Crippen LogP contribution in [0, 0.1) is 0 Å². The SMILES string of the molecule is O=C1Nc2ccc(CO)cc2/C1=C/c1c[nH]c(CN2CCOCC2)c1. The summed E-state index contributed by atoms with van der Waals surface area (Å²) in [7, 11) is 0. The van der Waals surface area contributed by atoms with Gasteiger partial charge < -0.3 is 20.1 Å². The molecule has 0 radical (unpaired) electrons. The third-order valence-electron chi connectivity index (χ3n) is 4.62. The van der Waals surface area contributed by atoms with Crippen LogP contribution in [0.25, 0.3) is 11.6 Å². The molecule has 3 N–H and O–H groups in total. The Bertz CT molecular complexity index is 819. The highest BCUT2D eigenvalue weighted by atomic mass is 16.5. The smallest absolute Gasteiger partial charge is 0.256 e. The molecule has 0 unspecified atom stereocenters. The molecule has 3 heterocycles. The minimum absolute atomic E-state index is 0.0391. The summed E-state index contributed by atoms with van der Waals surface area (Å²) in [5, 5.41) is 12.2. The third kappa shape index (κ3) is 3.37. The number of fused-ring (bicyclic) bond motifs is 1. The van der Waals surface area contributed by atoms with E-state index in [1.165, 1.54) is 0 Å². The number of nitrogens with one attached hydrogen (secondary N) is 2. The Morgan fingerprint density at radius 3 is 2.88 bits per heavy atom. The Balaban J connectivity index is 1.56. The van der Waals surface area contributed by atoms with Gasteiger partial charge in [0.25, 0.3) is 5.91 Å². The zero-order valence-corrected chi connectivity index (χ0v) is 13.9. The van der Waals surface area contributed by atoms with E-state index < -0.39 is 0 Å². The summed E-state index contributed by atoms with van der Waals surface area (Å²) in [5.41, 5.74) is 5.14. The van der Waals surface area contributed by atoms with E-state index in [0.717, 1.165) is 60.9 Å². The van der Waals surface area contributed by atoms with Gasteiger partial charge in [0.15, 0.2) is 0 Å². The van der Waals surface area contributed by atoms with E-state index in [1.807, 2.05) is 30.5 Å². The highest BCUT2D eigenvalue weighted by molar-refractivity contribution is 6.34. The highest BCUT2D eigenvalue weighted by Gasteiger charge is 2.24. The monoisotopic (exact) mass is 339 g/mol. The standard InChI is InChI=1S/C19H21N3O3/c23-12-13-1-2-18-16(8-13)17(19(24)21-18)9-14-7-15(20-10-14)11-22-3-5-25-6-4-22/h1-2,7-10,20,23H,3-6,11-12H2,(H,21,24)/b17-9-. The molecule has 1 saturated heterocycles. The van der Waals surface area contributed by atoms with Gasteiger partial charge in [0, 0.05) is 48.3 Å². The van der Waals surface area contributed by atoms with E-state index >= 15 is 0 Å². The molecule has 1 amide bonds. The molecule has 1 fully saturated rings. The Labute approximate surface area is 146 Å². The van der Waals surface area contributed by atoms with Crippen molar-refractivity contribution in [1.29, 1.82) is 0 Å². The summed E-state index contributed by atoms with van der Waals surface area (Å²) < 4.78 is 5.37. The number of anilines is 1. The first-order valence-corrected chi connectivity index (χ1v) is 8.47. The number of morpholine rings is 1. The Morgan fingerprint density at radius 1 is 1.24 bits per heavy atom. The van der Waals surface area contributed by atoms with Crippen LogP contribution in [0.3, 0.4) is 0 Å². The van der Waals surface area contributed by atoms with Crippen molar-refractivity contribution in [2.45, 2.75) is 13.2 Å². The number of nitrogens with zero attached hydrogens (tertiary/aromatic N) is 1. The van der Waals surface area contributed by atoms with E-state index in [-0.39, 0.29) is 12.5 Å². The number of H-pyrrole nitrogens is 1. The zero-order valence-electron chi connectivity index (χ0n) is 13.9. The minimum atomic E-state index is -0.110. The van der Waals surface area contributed by atoms with E-state index in [4.69, 9.17) is 4.74 Å². The number of hydrogen-bond acceptors (Lipinski definition) is 4. The molecular weight excluding hydrogens is 318 g/mol. The summed E-state index contributed by atoms with van der Waals surface area (Å²) in [6, 6.07) is 7.59. The van der Waals surface area contributed by atoms with Crippen LogP contribution in [0.5, 0.6) is 0 Å². The molecule has 0 saturated carbocycles. The summed E-state index contributed by atoms with van der Waals surface area (Å²) in [5.74, 6) is -0.110. The molecule has 1 aromatic carbocycles. The zero-order chi connectivity index (χ0) is 17.2. The lowest BCUT2D eigenvalue weighted by Crippen LogP contribution is -2.35. The first-order valence-electron chi connectivity index (χ1n) is 8.47. The number of carbonyl (C=O) groups excluding carboxylic acids is 1. The number of aromatic amines is 1. The molecule has 4 rings (SSSR count). The van der Waals surface area contributed by atoms with Gasteiger partial charge in [-0.25, -0.2) is 0 Å². The quantitative estimate of drug-likeness (QED) is 0.743. The van der Waals surface area contributed by atoms with Crippen LogP contribution in [0.2, 0.25) is 0 Å². The van der Waals surface area contributed by atoms with E-state index in [2.05, 4.69) is 21.3 Å². The van der Waals surface area contributed by atoms with Crippen LogP contribution in [0.15, 0.2) is 30.5 Å². The lowest BCUT2D eigenvalue weighted by Gasteiger charge is -2.25. The summed E-state index contributed by atoms with van der Waals surface area (Å²) in [6.07, 6.45) is 3.81. The van der Waals surface area contributed by atoms with Gasteiger partial charge in [-0.1, -0.05) is 6.07 Å². The van der Waals surface area contributed by atoms with Crippen molar-refractivity contribution in [2.75, 3.05) is 31.6 Å². The van der Waals surface area contributed by atoms with Crippen molar-refractivity contribution in [3.05, 3.63) is 52.8 Å². The Morgan fingerprint density at radius 2 is 2.08 bits per heavy atom. The summed E-state index contributed by atoms with van der Waals surface area (Å²) >= 11 is 0. The average molecular weight is 339 g/mol. The number of benzene rings is 1. The molecule has 0 aliphatic carbocycles. The maximum Gasteiger partial charge on any atom is 0.256 e. The van der Waals surface area contributed by atoms with Gasteiger partial charge in [-0.05, 0) is 35.4 Å². The minimum Gasteiger partial charge on any atom is -0.392 e. The van der Waals surface area contributed by atoms with Crippen molar-refractivity contribution in [3.8, 4) is 0 Å². The van der Waals surface area contributed by atoms with Crippen LogP contribution >= 0.6 is 0 Å². The average Bonchev–Trinajstić information content (AvgIpc) is 3.20. The number of aliphatic hydroxyl groups is 1. The van der Waals surface area contributed by atoms with Crippen molar-refractivity contribution in [1.82, 2.24) is 9.88 Å². The van der Waals surface area contributed by atoms with Crippen molar-refractivity contribution in [2.24, 2.45) is 0 Å². The fourth-order valence-electron chi connectivity index (χ4n) is 3.28. The molecule has 0 spiro atoms. The molecule has 1 aromatic heterocycles. The van der Waals surface area contributed by atoms with E-state index in [0.29, 0.717) is 5.57 Å². The van der Waals surface area contributed by atoms with Crippen LogP contribution < -0.4 is 5.32 Å². The van der Waals surface area contributed by atoms with Crippen LogP contribution in [-0.4, -0.2) is 47.2 Å². The maximum absolute atomic E-state index is 12.3. The third-order valence-corrected chi connectivity index (χ3v) is 4.62. The molecule has 6 nitrogen and oxygen atoms in total. The molecular formula is C19H21N3O3. The summed E-state index contributed by atoms with van der Waals surface area (Å²) in [4.78, 5) is 17.9. The second-order valence-electron chi connectivity index (χ2n) is 6.40. The molecule has 2 aliphatic rings. The second-order valence-corrected chi connectivity index (χ2v) is 6.40. The number of carbonyl (C=O) groups is 1. The molecule has 6 heteroatoms. The number of aromatic nitrogens is 1. The molecule has 2 aliphatic heterocycles. The lowest BCUT2D eigenvalue weighted by molar-refractivity contribution is -0.110. The van der Waals surface area contributed by atoms with Crippen molar-refractivity contribution < 1.29 is 14.6 Å². The number of rotatable bonds is 4. The summed E-state index contributed by atoms with van der Waals surface area (Å²) in [6.45, 7) is 4.25. The van der Waals surface area contributed by atoms with Crippen molar-refractivity contribution >= 4 is 23.2 Å². The van der Waals surface area contributed by atoms with Gasteiger partial charge in [-0.15, -0.1) is 0 Å². The second kappa shape index (κ2) is 6.84. The fourth-order valence-corrected chi connectivity index (χ4v) is 3.28. The first kappa shape index (κ1) is 16.1.